The molecule has 1 heterocycles. The third-order valence-electron chi connectivity index (χ3n) is 3.42. The van der Waals surface area contributed by atoms with E-state index in [1.54, 1.807) is 4.90 Å². The maximum absolute atomic E-state index is 11.8. The van der Waals surface area contributed by atoms with Crippen LogP contribution in [-0.2, 0) is 4.79 Å². The van der Waals surface area contributed by atoms with Crippen LogP contribution in [0.1, 0.15) is 26.7 Å². The molecule has 0 bridgehead atoms. The van der Waals surface area contributed by atoms with Crippen LogP contribution in [0.4, 0.5) is 4.79 Å². The fourth-order valence-electron chi connectivity index (χ4n) is 2.02. The summed E-state index contributed by atoms with van der Waals surface area (Å²) in [5, 5.41) is 11.7. The first-order valence-electron chi connectivity index (χ1n) is 6.43. The number of hydrogen-bond acceptors (Lipinski definition) is 3. The van der Waals surface area contributed by atoms with Gasteiger partial charge >= 0.3 is 12.0 Å². The molecule has 1 atom stereocenters. The molecule has 1 unspecified atom stereocenters. The van der Waals surface area contributed by atoms with Crippen molar-refractivity contribution in [3.63, 3.8) is 0 Å². The topological polar surface area (TPSA) is 95.7 Å². The Labute approximate surface area is 108 Å². The second kappa shape index (κ2) is 6.58. The lowest BCUT2D eigenvalue weighted by atomic mass is 9.96. The van der Waals surface area contributed by atoms with Crippen molar-refractivity contribution in [1.29, 1.82) is 0 Å². The van der Waals surface area contributed by atoms with Gasteiger partial charge < -0.3 is 21.1 Å². The average molecular weight is 257 g/mol. The number of piperidine rings is 1. The van der Waals surface area contributed by atoms with E-state index in [0.717, 1.165) is 12.8 Å². The van der Waals surface area contributed by atoms with Crippen LogP contribution in [0.15, 0.2) is 0 Å². The molecule has 2 amide bonds. The zero-order chi connectivity index (χ0) is 13.7. The minimum Gasteiger partial charge on any atom is -0.481 e. The van der Waals surface area contributed by atoms with Crippen molar-refractivity contribution in [2.45, 2.75) is 32.7 Å². The van der Waals surface area contributed by atoms with E-state index in [2.05, 4.69) is 5.32 Å². The Balaban J connectivity index is 2.38. The van der Waals surface area contributed by atoms with Crippen molar-refractivity contribution < 1.29 is 14.7 Å². The quantitative estimate of drug-likeness (QED) is 0.682. The summed E-state index contributed by atoms with van der Waals surface area (Å²) in [6.45, 7) is 5.14. The summed E-state index contributed by atoms with van der Waals surface area (Å²) in [4.78, 5) is 24.5. The smallest absolute Gasteiger partial charge is 0.317 e. The number of nitrogens with one attached hydrogen (secondary N) is 1. The Morgan fingerprint density at radius 1 is 1.39 bits per heavy atom. The fourth-order valence-corrected chi connectivity index (χ4v) is 2.02. The summed E-state index contributed by atoms with van der Waals surface area (Å²) in [6.07, 6.45) is 1.61. The molecular formula is C12H23N3O3. The van der Waals surface area contributed by atoms with Gasteiger partial charge in [-0.05, 0) is 18.8 Å². The second-order valence-electron chi connectivity index (χ2n) is 5.20. The van der Waals surface area contributed by atoms with Gasteiger partial charge in [0.2, 0.25) is 0 Å². The number of carbonyl (C=O) groups excluding carboxylic acids is 1. The SMILES string of the molecule is CC(C)C(CNC(=O)N1CCC(N)CC1)C(=O)O. The van der Waals surface area contributed by atoms with Gasteiger partial charge in [0.05, 0.1) is 5.92 Å². The van der Waals surface area contributed by atoms with Crippen molar-refractivity contribution in [3.8, 4) is 0 Å². The summed E-state index contributed by atoms with van der Waals surface area (Å²) < 4.78 is 0. The Morgan fingerprint density at radius 3 is 2.39 bits per heavy atom. The molecule has 1 aliphatic rings. The average Bonchev–Trinajstić information content (AvgIpc) is 2.28. The van der Waals surface area contributed by atoms with E-state index in [9.17, 15) is 9.59 Å². The van der Waals surface area contributed by atoms with Gasteiger partial charge in [0, 0.05) is 25.7 Å². The van der Waals surface area contributed by atoms with E-state index >= 15 is 0 Å². The molecule has 1 fully saturated rings. The van der Waals surface area contributed by atoms with Gasteiger partial charge in [-0.1, -0.05) is 13.8 Å². The third kappa shape index (κ3) is 4.18. The fraction of sp³-hybridized carbons (Fsp3) is 0.833. The van der Waals surface area contributed by atoms with Crippen LogP contribution in [0, 0.1) is 11.8 Å². The van der Waals surface area contributed by atoms with E-state index < -0.39 is 11.9 Å². The first-order valence-corrected chi connectivity index (χ1v) is 6.43. The Morgan fingerprint density at radius 2 is 1.94 bits per heavy atom. The summed E-state index contributed by atoms with van der Waals surface area (Å²) in [6, 6.07) is -0.00900. The molecule has 0 aromatic rings. The third-order valence-corrected chi connectivity index (χ3v) is 3.42. The molecule has 0 aliphatic carbocycles. The largest absolute Gasteiger partial charge is 0.481 e. The molecule has 18 heavy (non-hydrogen) atoms. The number of urea groups is 1. The molecule has 0 radical (unpaired) electrons. The molecule has 0 saturated carbocycles. The number of likely N-dealkylation sites (tertiary alicyclic amines) is 1. The van der Waals surface area contributed by atoms with Crippen LogP contribution in [-0.4, -0.2) is 47.7 Å². The predicted octanol–water partition coefficient (Wildman–Crippen LogP) is 0.476. The number of nitrogens with zero attached hydrogens (tertiary/aromatic N) is 1. The van der Waals surface area contributed by atoms with Crippen molar-refractivity contribution in [2.75, 3.05) is 19.6 Å². The van der Waals surface area contributed by atoms with E-state index in [1.807, 2.05) is 13.8 Å². The Kier molecular flexibility index (Phi) is 5.40. The first-order chi connectivity index (χ1) is 8.41. The lowest BCUT2D eigenvalue weighted by molar-refractivity contribution is -0.142. The van der Waals surface area contributed by atoms with Gasteiger partial charge in [0.15, 0.2) is 0 Å². The van der Waals surface area contributed by atoms with Gasteiger partial charge in [-0.15, -0.1) is 0 Å². The first kappa shape index (κ1) is 14.8. The summed E-state index contributed by atoms with van der Waals surface area (Å²) >= 11 is 0. The highest BCUT2D eigenvalue weighted by Crippen LogP contribution is 2.11. The lowest BCUT2D eigenvalue weighted by Gasteiger charge is -2.30. The lowest BCUT2D eigenvalue weighted by Crippen LogP contribution is -2.48. The molecule has 0 aromatic heterocycles. The number of carbonyl (C=O) groups is 2. The predicted molar refractivity (Wildman–Crippen MR) is 68.1 cm³/mol. The molecule has 6 nitrogen and oxygen atoms in total. The highest BCUT2D eigenvalue weighted by molar-refractivity contribution is 5.76. The Bertz CT molecular complexity index is 299. The number of nitrogens with two attached hydrogens (primary N) is 1. The zero-order valence-electron chi connectivity index (χ0n) is 11.1. The molecule has 0 aromatic carbocycles. The molecule has 1 rings (SSSR count). The molecule has 0 spiro atoms. The van der Waals surface area contributed by atoms with Crippen molar-refractivity contribution >= 4 is 12.0 Å². The van der Waals surface area contributed by atoms with Gasteiger partial charge in [-0.2, -0.15) is 0 Å². The number of carboxylic acids is 1. The van der Waals surface area contributed by atoms with Crippen molar-refractivity contribution in [2.24, 2.45) is 17.6 Å². The van der Waals surface area contributed by atoms with Gasteiger partial charge in [-0.25, -0.2) is 4.79 Å². The second-order valence-corrected chi connectivity index (χ2v) is 5.20. The van der Waals surface area contributed by atoms with Crippen LogP contribution in [0.25, 0.3) is 0 Å². The monoisotopic (exact) mass is 257 g/mol. The van der Waals surface area contributed by atoms with Crippen LogP contribution in [0.5, 0.6) is 0 Å². The van der Waals surface area contributed by atoms with Crippen LogP contribution >= 0.6 is 0 Å². The maximum Gasteiger partial charge on any atom is 0.317 e. The highest BCUT2D eigenvalue weighted by Gasteiger charge is 2.24. The van der Waals surface area contributed by atoms with Crippen LogP contribution in [0.3, 0.4) is 0 Å². The minimum absolute atomic E-state index is 0.00224. The van der Waals surface area contributed by atoms with E-state index in [4.69, 9.17) is 10.8 Å². The molecule has 104 valence electrons. The van der Waals surface area contributed by atoms with Gasteiger partial charge in [0.1, 0.15) is 0 Å². The number of amides is 2. The normalized spacial score (nSPS) is 18.8. The maximum atomic E-state index is 11.8. The van der Waals surface area contributed by atoms with Gasteiger partial charge in [-0.3, -0.25) is 4.79 Å². The van der Waals surface area contributed by atoms with Crippen molar-refractivity contribution in [3.05, 3.63) is 0 Å². The molecule has 4 N–H and O–H groups in total. The van der Waals surface area contributed by atoms with E-state index in [1.165, 1.54) is 0 Å². The van der Waals surface area contributed by atoms with E-state index in [-0.39, 0.29) is 24.5 Å². The summed E-state index contributed by atoms with van der Waals surface area (Å²) in [7, 11) is 0. The number of aliphatic carboxylic acids is 1. The zero-order valence-corrected chi connectivity index (χ0v) is 11.1. The number of hydrogen-bond donors (Lipinski definition) is 3. The highest BCUT2D eigenvalue weighted by atomic mass is 16.4. The van der Waals surface area contributed by atoms with E-state index in [0.29, 0.717) is 13.1 Å². The number of rotatable bonds is 4. The van der Waals surface area contributed by atoms with Crippen LogP contribution < -0.4 is 11.1 Å². The van der Waals surface area contributed by atoms with Gasteiger partial charge in [0.25, 0.3) is 0 Å². The summed E-state index contributed by atoms with van der Waals surface area (Å²) in [5.41, 5.74) is 5.76. The van der Waals surface area contributed by atoms with Crippen molar-refractivity contribution in [1.82, 2.24) is 10.2 Å². The minimum atomic E-state index is -0.869. The molecular weight excluding hydrogens is 234 g/mol. The van der Waals surface area contributed by atoms with Crippen LogP contribution in [0.2, 0.25) is 0 Å². The molecule has 1 aliphatic heterocycles. The molecule has 6 heteroatoms. The molecule has 1 saturated heterocycles. The Hall–Kier alpha value is -1.30. The summed E-state index contributed by atoms with van der Waals surface area (Å²) in [5.74, 6) is -1.41. The standard InChI is InChI=1S/C12H23N3O3/c1-8(2)10(11(16)17)7-14-12(18)15-5-3-9(13)4-6-15/h8-10H,3-7,13H2,1-2H3,(H,14,18)(H,16,17). The number of carboxylic acid groups (broad SMARTS) is 1.